The number of aromatic hydroxyl groups is 1. The molecule has 3 N–H and O–H groups in total. The Hall–Kier alpha value is -2.65. The van der Waals surface area contributed by atoms with Crippen LogP contribution in [0.5, 0.6) is 5.75 Å². The summed E-state index contributed by atoms with van der Waals surface area (Å²) in [6.07, 6.45) is -2.97. The molecule has 9 heteroatoms. The molecule has 28 heavy (non-hydrogen) atoms. The summed E-state index contributed by atoms with van der Waals surface area (Å²) < 4.78 is 49.0. The van der Waals surface area contributed by atoms with Gasteiger partial charge in [-0.1, -0.05) is 0 Å². The Kier molecular flexibility index (Phi) is 5.31. The lowest BCUT2D eigenvalue weighted by atomic mass is 9.99. The molecule has 0 amide bonds. The molecule has 0 saturated carbocycles. The van der Waals surface area contributed by atoms with Gasteiger partial charge in [0.1, 0.15) is 17.1 Å². The number of halogens is 3. The number of benzene rings is 1. The Morgan fingerprint density at radius 3 is 2.57 bits per heavy atom. The number of nitrogen functional groups attached to an aromatic ring is 1. The van der Waals surface area contributed by atoms with Crippen molar-refractivity contribution in [3.05, 3.63) is 41.0 Å². The third-order valence-electron chi connectivity index (χ3n) is 4.49. The van der Waals surface area contributed by atoms with E-state index < -0.39 is 23.0 Å². The third-order valence-corrected chi connectivity index (χ3v) is 4.49. The zero-order chi connectivity index (χ0) is 20.5. The maximum Gasteiger partial charge on any atom is 0.416 e. The zero-order valence-corrected chi connectivity index (χ0v) is 15.4. The van der Waals surface area contributed by atoms with Gasteiger partial charge >= 0.3 is 6.18 Å². The van der Waals surface area contributed by atoms with Gasteiger partial charge in [-0.25, -0.2) is 4.98 Å². The molecule has 3 rings (SSSR count). The zero-order valence-electron chi connectivity index (χ0n) is 15.4. The molecule has 6 nitrogen and oxygen atoms in total. The minimum atomic E-state index is -4.54. The van der Waals surface area contributed by atoms with Gasteiger partial charge in [0.25, 0.3) is 0 Å². The van der Waals surface area contributed by atoms with E-state index in [1.54, 1.807) is 25.5 Å². The summed E-state index contributed by atoms with van der Waals surface area (Å²) in [5, 5.41) is 10.1. The molecule has 1 saturated heterocycles. The predicted octanol–water partition coefficient (Wildman–Crippen LogP) is 3.20. The van der Waals surface area contributed by atoms with Crippen LogP contribution in [0.15, 0.2) is 29.3 Å². The van der Waals surface area contributed by atoms with E-state index in [1.807, 2.05) is 0 Å². The van der Waals surface area contributed by atoms with E-state index in [-0.39, 0.29) is 22.6 Å². The van der Waals surface area contributed by atoms with E-state index in [1.165, 1.54) is 6.92 Å². The lowest BCUT2D eigenvalue weighted by molar-refractivity contribution is -0.137. The third kappa shape index (κ3) is 3.95. The fourth-order valence-electron chi connectivity index (χ4n) is 3.01. The highest BCUT2D eigenvalue weighted by Crippen LogP contribution is 2.38. The van der Waals surface area contributed by atoms with Gasteiger partial charge in [0.15, 0.2) is 0 Å². The van der Waals surface area contributed by atoms with Crippen LogP contribution in [0.2, 0.25) is 0 Å². The van der Waals surface area contributed by atoms with E-state index in [0.717, 1.165) is 6.07 Å². The Bertz CT molecular complexity index is 886. The van der Waals surface area contributed by atoms with Crippen LogP contribution in [0.3, 0.4) is 0 Å². The molecule has 0 radical (unpaired) electrons. The molecular weight excluding hydrogens is 375 g/mol. The summed E-state index contributed by atoms with van der Waals surface area (Å²) in [6.45, 7) is 2.78. The van der Waals surface area contributed by atoms with Crippen molar-refractivity contribution < 1.29 is 27.8 Å². The Morgan fingerprint density at radius 2 is 2.07 bits per heavy atom. The fraction of sp³-hybridized carbons (Fsp3) is 0.368. The summed E-state index contributed by atoms with van der Waals surface area (Å²) in [5.41, 5.74) is 5.90. The number of alkyl halides is 3. The number of hydrogen-bond acceptors (Lipinski definition) is 6. The first kappa shape index (κ1) is 20.1. The van der Waals surface area contributed by atoms with E-state index in [4.69, 9.17) is 15.2 Å². The standard InChI is InChI=1S/C19H20F3N3O3/c1-11-5-13(19(20,21)22)6-15(26)16(11)14-4-3-12(17(23)25-14)7-24-18(8-27-2)9-28-10-18/h3-7,26H,8-10H2,1-2H3,(H2,23,25). The first-order valence-electron chi connectivity index (χ1n) is 8.45. The lowest BCUT2D eigenvalue weighted by Crippen LogP contribution is -2.51. The number of rotatable bonds is 5. The highest BCUT2D eigenvalue weighted by molar-refractivity contribution is 5.87. The lowest BCUT2D eigenvalue weighted by Gasteiger charge is -2.37. The maximum atomic E-state index is 12.9. The van der Waals surface area contributed by atoms with Crippen LogP contribution in [0.25, 0.3) is 11.3 Å². The van der Waals surface area contributed by atoms with E-state index in [9.17, 15) is 18.3 Å². The number of nitrogens with two attached hydrogens (primary N) is 1. The number of ether oxygens (including phenoxy) is 2. The minimum Gasteiger partial charge on any atom is -0.507 e. The number of methoxy groups -OCH3 is 1. The molecule has 150 valence electrons. The number of pyridine rings is 1. The van der Waals surface area contributed by atoms with Crippen LogP contribution in [-0.4, -0.2) is 48.8 Å². The van der Waals surface area contributed by atoms with Gasteiger partial charge in [-0.15, -0.1) is 0 Å². The molecule has 1 aliphatic rings. The molecule has 2 heterocycles. The van der Waals surface area contributed by atoms with Crippen molar-refractivity contribution in [1.29, 1.82) is 0 Å². The number of aryl methyl sites for hydroxylation is 1. The second-order valence-corrected chi connectivity index (χ2v) is 6.76. The Balaban J connectivity index is 1.91. The molecule has 1 aromatic carbocycles. The van der Waals surface area contributed by atoms with Crippen LogP contribution in [-0.2, 0) is 15.7 Å². The van der Waals surface area contributed by atoms with E-state index in [0.29, 0.717) is 31.5 Å². The first-order valence-corrected chi connectivity index (χ1v) is 8.45. The van der Waals surface area contributed by atoms with Crippen molar-refractivity contribution in [2.45, 2.75) is 18.6 Å². The summed E-state index contributed by atoms with van der Waals surface area (Å²) >= 11 is 0. The van der Waals surface area contributed by atoms with Gasteiger partial charge in [-0.3, -0.25) is 4.99 Å². The van der Waals surface area contributed by atoms with Crippen molar-refractivity contribution in [2.75, 3.05) is 32.7 Å². The van der Waals surface area contributed by atoms with Crippen LogP contribution in [0, 0.1) is 6.92 Å². The van der Waals surface area contributed by atoms with Gasteiger partial charge in [0, 0.05) is 24.5 Å². The van der Waals surface area contributed by atoms with Crippen molar-refractivity contribution in [2.24, 2.45) is 4.99 Å². The van der Waals surface area contributed by atoms with Crippen molar-refractivity contribution >= 4 is 12.0 Å². The average molecular weight is 395 g/mol. The van der Waals surface area contributed by atoms with Gasteiger partial charge < -0.3 is 20.3 Å². The predicted molar refractivity (Wildman–Crippen MR) is 98.5 cm³/mol. The molecule has 1 fully saturated rings. The largest absolute Gasteiger partial charge is 0.507 e. The highest BCUT2D eigenvalue weighted by atomic mass is 19.4. The minimum absolute atomic E-state index is 0.146. The normalized spacial score (nSPS) is 16.3. The number of phenolic OH excluding ortho intramolecular Hbond substituents is 1. The average Bonchev–Trinajstić information content (AvgIpc) is 2.57. The summed E-state index contributed by atoms with van der Waals surface area (Å²) in [6, 6.07) is 4.87. The molecule has 0 atom stereocenters. The van der Waals surface area contributed by atoms with Crippen molar-refractivity contribution in [1.82, 2.24) is 4.98 Å². The van der Waals surface area contributed by atoms with Crippen molar-refractivity contribution in [3.63, 3.8) is 0 Å². The number of phenols is 1. The van der Waals surface area contributed by atoms with Crippen LogP contribution in [0.1, 0.15) is 16.7 Å². The first-order chi connectivity index (χ1) is 13.1. The summed E-state index contributed by atoms with van der Waals surface area (Å²) in [7, 11) is 1.58. The fourth-order valence-corrected chi connectivity index (χ4v) is 3.01. The second-order valence-electron chi connectivity index (χ2n) is 6.76. The number of aliphatic imine (C=N–C) groups is 1. The van der Waals surface area contributed by atoms with Gasteiger partial charge in [0.2, 0.25) is 0 Å². The second kappa shape index (κ2) is 7.40. The quantitative estimate of drug-likeness (QED) is 0.759. The van der Waals surface area contributed by atoms with Crippen LogP contribution in [0.4, 0.5) is 19.0 Å². The van der Waals surface area contributed by atoms with Crippen LogP contribution >= 0.6 is 0 Å². The molecule has 0 aliphatic carbocycles. The number of anilines is 1. The smallest absolute Gasteiger partial charge is 0.416 e. The highest BCUT2D eigenvalue weighted by Gasteiger charge is 2.38. The van der Waals surface area contributed by atoms with Crippen LogP contribution < -0.4 is 5.73 Å². The summed E-state index contributed by atoms with van der Waals surface area (Å²) in [5.74, 6) is -0.362. The molecule has 0 spiro atoms. The van der Waals surface area contributed by atoms with Gasteiger partial charge in [0.05, 0.1) is 31.1 Å². The maximum absolute atomic E-state index is 12.9. The number of nitrogens with zero attached hydrogens (tertiary/aromatic N) is 2. The molecule has 2 aromatic rings. The number of aromatic nitrogens is 1. The number of hydrogen-bond donors (Lipinski definition) is 2. The molecule has 0 bridgehead atoms. The SMILES string of the molecule is COCC1(N=Cc2ccc(-c3c(C)cc(C(F)(F)F)cc3O)nc2N)COC1. The van der Waals surface area contributed by atoms with Gasteiger partial charge in [-0.2, -0.15) is 13.2 Å². The Morgan fingerprint density at radius 1 is 1.36 bits per heavy atom. The molecular formula is C19H20F3N3O3. The topological polar surface area (TPSA) is 90.0 Å². The molecule has 1 aliphatic heterocycles. The molecule has 0 unspecified atom stereocenters. The van der Waals surface area contributed by atoms with Gasteiger partial charge in [-0.05, 0) is 36.8 Å². The van der Waals surface area contributed by atoms with Crippen molar-refractivity contribution in [3.8, 4) is 17.0 Å². The van der Waals surface area contributed by atoms with E-state index in [2.05, 4.69) is 9.98 Å². The van der Waals surface area contributed by atoms with E-state index >= 15 is 0 Å². The summed E-state index contributed by atoms with van der Waals surface area (Å²) in [4.78, 5) is 8.72. The Labute approximate surface area is 159 Å². The monoisotopic (exact) mass is 395 g/mol. The molecule has 1 aromatic heterocycles.